The molecule has 112 valence electrons. The minimum atomic E-state index is -0.176. The van der Waals surface area contributed by atoms with Gasteiger partial charge in [-0.1, -0.05) is 28.9 Å². The van der Waals surface area contributed by atoms with Gasteiger partial charge in [-0.15, -0.1) is 0 Å². The van der Waals surface area contributed by atoms with Crippen LogP contribution >= 0.6 is 23.4 Å². The highest BCUT2D eigenvalue weighted by atomic mass is 35.5. The molecular weight excluding hydrogens is 308 g/mol. The molecule has 2 rings (SSSR count). The van der Waals surface area contributed by atoms with Crippen LogP contribution in [0.3, 0.4) is 0 Å². The number of halogens is 1. The van der Waals surface area contributed by atoms with Crippen LogP contribution in [0, 0.1) is 6.92 Å². The molecule has 0 aliphatic heterocycles. The van der Waals surface area contributed by atoms with E-state index in [0.717, 1.165) is 12.2 Å². The van der Waals surface area contributed by atoms with E-state index in [1.807, 2.05) is 24.5 Å². The third-order valence-electron chi connectivity index (χ3n) is 3.02. The largest absolute Gasteiger partial charge is 0.355 e. The summed E-state index contributed by atoms with van der Waals surface area (Å²) in [6.45, 7) is 2.38. The summed E-state index contributed by atoms with van der Waals surface area (Å²) in [6.07, 6.45) is 2.97. The van der Waals surface area contributed by atoms with Crippen molar-refractivity contribution in [3.63, 3.8) is 0 Å². The fourth-order valence-corrected chi connectivity index (χ4v) is 2.63. The monoisotopic (exact) mass is 324 g/mol. The zero-order valence-corrected chi connectivity index (χ0v) is 13.6. The number of aryl methyl sites for hydroxylation is 1. The lowest BCUT2D eigenvalue weighted by molar-refractivity contribution is 0.0953. The molecule has 0 saturated heterocycles. The number of hydrogen-bond donors (Lipinski definition) is 1. The van der Waals surface area contributed by atoms with Gasteiger partial charge < -0.3 is 9.84 Å². The van der Waals surface area contributed by atoms with Crippen LogP contribution in [0.2, 0.25) is 5.02 Å². The highest BCUT2D eigenvalue weighted by molar-refractivity contribution is 7.98. The summed E-state index contributed by atoms with van der Waals surface area (Å²) in [4.78, 5) is 12.3. The maximum Gasteiger partial charge on any atom is 0.257 e. The van der Waals surface area contributed by atoms with Crippen molar-refractivity contribution in [1.29, 1.82) is 0 Å². The van der Waals surface area contributed by atoms with E-state index in [1.54, 1.807) is 24.8 Å². The Morgan fingerprint density at radius 3 is 2.90 bits per heavy atom. The topological polar surface area (TPSA) is 55.1 Å². The summed E-state index contributed by atoms with van der Waals surface area (Å²) in [5.41, 5.74) is 1.69. The Kier molecular flexibility index (Phi) is 5.70. The van der Waals surface area contributed by atoms with Gasteiger partial charge >= 0.3 is 0 Å². The zero-order chi connectivity index (χ0) is 15.2. The van der Waals surface area contributed by atoms with Crippen LogP contribution in [0.5, 0.6) is 0 Å². The van der Waals surface area contributed by atoms with Crippen molar-refractivity contribution >= 4 is 29.3 Å². The number of rotatable bonds is 6. The first-order chi connectivity index (χ1) is 10.1. The minimum absolute atomic E-state index is 0.176. The predicted molar refractivity (Wildman–Crippen MR) is 87.0 cm³/mol. The molecule has 0 aliphatic carbocycles. The van der Waals surface area contributed by atoms with Gasteiger partial charge in [0.15, 0.2) is 5.76 Å². The normalized spacial score (nSPS) is 10.6. The van der Waals surface area contributed by atoms with E-state index < -0.39 is 0 Å². The number of nitrogens with one attached hydrogen (secondary N) is 1. The standard InChI is InChI=1S/C15H17ClN2O2S/c1-10-13(15(19)17-8-5-9-21-2)14(20-18-10)11-6-3-4-7-12(11)16/h3-4,6-7H,5,8-9H2,1-2H3,(H,17,19). The number of carbonyl (C=O) groups is 1. The van der Waals surface area contributed by atoms with Crippen molar-refractivity contribution in [2.24, 2.45) is 0 Å². The van der Waals surface area contributed by atoms with Crippen molar-refractivity contribution in [1.82, 2.24) is 10.5 Å². The van der Waals surface area contributed by atoms with Crippen molar-refractivity contribution < 1.29 is 9.32 Å². The zero-order valence-electron chi connectivity index (χ0n) is 12.0. The van der Waals surface area contributed by atoms with Crippen molar-refractivity contribution in [2.75, 3.05) is 18.6 Å². The van der Waals surface area contributed by atoms with Gasteiger partial charge in [-0.05, 0) is 37.5 Å². The van der Waals surface area contributed by atoms with E-state index in [4.69, 9.17) is 16.1 Å². The molecule has 0 fully saturated rings. The first-order valence-electron chi connectivity index (χ1n) is 6.63. The Hall–Kier alpha value is -1.46. The molecule has 1 N–H and O–H groups in total. The average Bonchev–Trinajstić information content (AvgIpc) is 2.85. The molecule has 6 heteroatoms. The maximum atomic E-state index is 12.3. The summed E-state index contributed by atoms with van der Waals surface area (Å²) < 4.78 is 5.31. The summed E-state index contributed by atoms with van der Waals surface area (Å²) in [6, 6.07) is 7.25. The Labute approximate surface area is 133 Å². The van der Waals surface area contributed by atoms with Crippen LogP contribution in [-0.2, 0) is 0 Å². The molecule has 4 nitrogen and oxygen atoms in total. The van der Waals surface area contributed by atoms with Crippen molar-refractivity contribution in [3.05, 3.63) is 40.5 Å². The summed E-state index contributed by atoms with van der Waals surface area (Å²) in [7, 11) is 0. The first kappa shape index (κ1) is 15.9. The fourth-order valence-electron chi connectivity index (χ4n) is 1.97. The van der Waals surface area contributed by atoms with Crippen molar-refractivity contribution in [2.45, 2.75) is 13.3 Å². The second kappa shape index (κ2) is 7.52. The van der Waals surface area contributed by atoms with Gasteiger partial charge in [0.05, 0.1) is 10.7 Å². The molecule has 1 heterocycles. The third-order valence-corrected chi connectivity index (χ3v) is 4.05. The lowest BCUT2D eigenvalue weighted by Gasteiger charge is -2.06. The number of nitrogens with zero attached hydrogens (tertiary/aromatic N) is 1. The SMILES string of the molecule is CSCCCNC(=O)c1c(C)noc1-c1ccccc1Cl. The molecule has 1 aromatic heterocycles. The Morgan fingerprint density at radius 2 is 2.19 bits per heavy atom. The number of thioether (sulfide) groups is 1. The number of aromatic nitrogens is 1. The highest BCUT2D eigenvalue weighted by Gasteiger charge is 2.22. The number of benzene rings is 1. The van der Waals surface area contributed by atoms with Crippen LogP contribution in [0.1, 0.15) is 22.5 Å². The number of amides is 1. The third kappa shape index (κ3) is 3.80. The number of carbonyl (C=O) groups excluding carboxylic acids is 1. The second-order valence-electron chi connectivity index (χ2n) is 4.55. The quantitative estimate of drug-likeness (QED) is 0.821. The molecule has 1 amide bonds. The number of hydrogen-bond acceptors (Lipinski definition) is 4. The smallest absolute Gasteiger partial charge is 0.257 e. The fraction of sp³-hybridized carbons (Fsp3) is 0.333. The molecule has 0 bridgehead atoms. The molecule has 0 aliphatic rings. The van der Waals surface area contributed by atoms with Crippen LogP contribution < -0.4 is 5.32 Å². The Morgan fingerprint density at radius 1 is 1.43 bits per heavy atom. The molecule has 0 unspecified atom stereocenters. The molecule has 1 aromatic carbocycles. The van der Waals surface area contributed by atoms with Gasteiger partial charge in [0, 0.05) is 12.1 Å². The van der Waals surface area contributed by atoms with Gasteiger partial charge in [-0.3, -0.25) is 4.79 Å². The van der Waals surface area contributed by atoms with Gasteiger partial charge in [-0.25, -0.2) is 0 Å². The molecule has 2 aromatic rings. The molecule has 0 atom stereocenters. The van der Waals surface area contributed by atoms with Crippen LogP contribution in [0.25, 0.3) is 11.3 Å². The van der Waals surface area contributed by atoms with Crippen LogP contribution in [-0.4, -0.2) is 29.6 Å². The van der Waals surface area contributed by atoms with E-state index in [2.05, 4.69) is 10.5 Å². The maximum absolute atomic E-state index is 12.3. The predicted octanol–water partition coefficient (Wildman–Crippen LogP) is 3.79. The second-order valence-corrected chi connectivity index (χ2v) is 5.95. The summed E-state index contributed by atoms with van der Waals surface area (Å²) in [5.74, 6) is 1.26. The van der Waals surface area contributed by atoms with Gasteiger partial charge in [-0.2, -0.15) is 11.8 Å². The van der Waals surface area contributed by atoms with E-state index in [0.29, 0.717) is 34.1 Å². The first-order valence-corrected chi connectivity index (χ1v) is 8.40. The Bertz CT molecular complexity index is 628. The van der Waals surface area contributed by atoms with E-state index in [9.17, 15) is 4.79 Å². The molecule has 0 saturated carbocycles. The van der Waals surface area contributed by atoms with E-state index in [1.165, 1.54) is 0 Å². The minimum Gasteiger partial charge on any atom is -0.355 e. The van der Waals surface area contributed by atoms with Gasteiger partial charge in [0.1, 0.15) is 5.56 Å². The average molecular weight is 325 g/mol. The van der Waals surface area contributed by atoms with Crippen LogP contribution in [0.15, 0.2) is 28.8 Å². The summed E-state index contributed by atoms with van der Waals surface area (Å²) in [5, 5.41) is 7.33. The van der Waals surface area contributed by atoms with E-state index >= 15 is 0 Å². The van der Waals surface area contributed by atoms with Crippen molar-refractivity contribution in [3.8, 4) is 11.3 Å². The highest BCUT2D eigenvalue weighted by Crippen LogP contribution is 2.31. The Balaban J connectivity index is 2.22. The lowest BCUT2D eigenvalue weighted by atomic mass is 10.1. The lowest BCUT2D eigenvalue weighted by Crippen LogP contribution is -2.25. The summed E-state index contributed by atoms with van der Waals surface area (Å²) >= 11 is 7.92. The molecular formula is C15H17ClN2O2S. The van der Waals surface area contributed by atoms with Gasteiger partial charge in [0.2, 0.25) is 0 Å². The molecule has 21 heavy (non-hydrogen) atoms. The van der Waals surface area contributed by atoms with Crippen LogP contribution in [0.4, 0.5) is 0 Å². The van der Waals surface area contributed by atoms with E-state index in [-0.39, 0.29) is 5.91 Å². The molecule has 0 radical (unpaired) electrons. The molecule has 0 spiro atoms. The van der Waals surface area contributed by atoms with Gasteiger partial charge in [0.25, 0.3) is 5.91 Å².